The molecule has 0 fully saturated rings. The van der Waals surface area contributed by atoms with Crippen LogP contribution in [-0.2, 0) is 27.9 Å². The zero-order valence-electron chi connectivity index (χ0n) is 15.3. The molecule has 2 aromatic carbocycles. The summed E-state index contributed by atoms with van der Waals surface area (Å²) in [4.78, 5) is 28.8. The lowest BCUT2D eigenvalue weighted by Crippen LogP contribution is -2.27. The Bertz CT molecular complexity index is 1170. The zero-order chi connectivity index (χ0) is 20.1. The SMILES string of the molecule is CS(=O)(=O)Nc1cccc(CNC(=O)CCn2cnc3ccccc3c2=O)c1. The van der Waals surface area contributed by atoms with Crippen LogP contribution >= 0.6 is 0 Å². The number of anilines is 1. The maximum absolute atomic E-state index is 12.4. The quantitative estimate of drug-likeness (QED) is 0.624. The molecule has 9 heteroatoms. The Balaban J connectivity index is 1.58. The molecule has 0 bridgehead atoms. The maximum Gasteiger partial charge on any atom is 0.261 e. The lowest BCUT2D eigenvalue weighted by molar-refractivity contribution is -0.121. The number of aromatic nitrogens is 2. The van der Waals surface area contributed by atoms with Gasteiger partial charge in [0.15, 0.2) is 0 Å². The van der Waals surface area contributed by atoms with Crippen LogP contribution in [0, 0.1) is 0 Å². The molecular formula is C19H20N4O4S. The Hall–Kier alpha value is -3.20. The molecule has 28 heavy (non-hydrogen) atoms. The lowest BCUT2D eigenvalue weighted by Gasteiger charge is -2.09. The van der Waals surface area contributed by atoms with E-state index in [1.54, 1.807) is 42.5 Å². The van der Waals surface area contributed by atoms with Gasteiger partial charge in [-0.25, -0.2) is 13.4 Å². The molecule has 0 aliphatic rings. The van der Waals surface area contributed by atoms with Gasteiger partial charge in [-0.2, -0.15) is 0 Å². The van der Waals surface area contributed by atoms with Gasteiger partial charge in [0.2, 0.25) is 15.9 Å². The van der Waals surface area contributed by atoms with Crippen LogP contribution in [-0.4, -0.2) is 30.1 Å². The molecule has 1 heterocycles. The number of hydrogen-bond donors (Lipinski definition) is 2. The first-order chi connectivity index (χ1) is 13.3. The number of nitrogens with zero attached hydrogens (tertiary/aromatic N) is 2. The van der Waals surface area contributed by atoms with E-state index in [9.17, 15) is 18.0 Å². The van der Waals surface area contributed by atoms with Crippen molar-refractivity contribution in [1.82, 2.24) is 14.9 Å². The van der Waals surface area contributed by atoms with Crippen molar-refractivity contribution in [2.45, 2.75) is 19.5 Å². The third-order valence-corrected chi connectivity index (χ3v) is 4.64. The van der Waals surface area contributed by atoms with Crippen molar-refractivity contribution in [3.05, 3.63) is 70.8 Å². The predicted octanol–water partition coefficient (Wildman–Crippen LogP) is 1.47. The number of fused-ring (bicyclic) bond motifs is 1. The fraction of sp³-hybridized carbons (Fsp3) is 0.211. The standard InChI is InChI=1S/C19H20N4O4S/c1-28(26,27)22-15-6-4-5-14(11-15)12-20-18(24)9-10-23-13-21-17-8-3-2-7-16(17)19(23)25/h2-8,11,13,22H,9-10,12H2,1H3,(H,20,24). The van der Waals surface area contributed by atoms with Crippen molar-refractivity contribution >= 4 is 32.5 Å². The molecule has 1 amide bonds. The van der Waals surface area contributed by atoms with Gasteiger partial charge in [0.25, 0.3) is 5.56 Å². The topological polar surface area (TPSA) is 110 Å². The number of nitrogens with one attached hydrogen (secondary N) is 2. The summed E-state index contributed by atoms with van der Waals surface area (Å²) in [6, 6.07) is 13.8. The van der Waals surface area contributed by atoms with E-state index in [4.69, 9.17) is 0 Å². The monoisotopic (exact) mass is 400 g/mol. The molecule has 0 aliphatic heterocycles. The van der Waals surface area contributed by atoms with Crippen molar-refractivity contribution in [2.24, 2.45) is 0 Å². The van der Waals surface area contributed by atoms with Gasteiger partial charge in [-0.3, -0.25) is 18.9 Å². The van der Waals surface area contributed by atoms with Crippen LogP contribution < -0.4 is 15.6 Å². The van der Waals surface area contributed by atoms with Crippen molar-refractivity contribution in [1.29, 1.82) is 0 Å². The van der Waals surface area contributed by atoms with Crippen LogP contribution in [0.1, 0.15) is 12.0 Å². The summed E-state index contributed by atoms with van der Waals surface area (Å²) >= 11 is 0. The van der Waals surface area contributed by atoms with Crippen molar-refractivity contribution < 1.29 is 13.2 Å². The summed E-state index contributed by atoms with van der Waals surface area (Å²) < 4.78 is 26.4. The number of para-hydroxylation sites is 1. The van der Waals surface area contributed by atoms with Gasteiger partial charge in [-0.1, -0.05) is 24.3 Å². The smallest absolute Gasteiger partial charge is 0.261 e. The van der Waals surface area contributed by atoms with Gasteiger partial charge in [-0.05, 0) is 29.8 Å². The zero-order valence-corrected chi connectivity index (χ0v) is 16.1. The lowest BCUT2D eigenvalue weighted by atomic mass is 10.2. The van der Waals surface area contributed by atoms with Crippen molar-refractivity contribution in [3.8, 4) is 0 Å². The molecule has 0 unspecified atom stereocenters. The predicted molar refractivity (Wildman–Crippen MR) is 107 cm³/mol. The third kappa shape index (κ3) is 5.17. The fourth-order valence-corrected chi connectivity index (χ4v) is 3.29. The highest BCUT2D eigenvalue weighted by Gasteiger charge is 2.07. The molecule has 3 rings (SSSR count). The molecule has 2 N–H and O–H groups in total. The van der Waals surface area contributed by atoms with E-state index >= 15 is 0 Å². The molecule has 0 aliphatic carbocycles. The first-order valence-corrected chi connectivity index (χ1v) is 10.5. The average Bonchev–Trinajstić information content (AvgIpc) is 2.65. The van der Waals surface area contributed by atoms with Crippen LogP contribution in [0.5, 0.6) is 0 Å². The van der Waals surface area contributed by atoms with Crippen LogP contribution in [0.15, 0.2) is 59.7 Å². The fourth-order valence-electron chi connectivity index (χ4n) is 2.74. The van der Waals surface area contributed by atoms with Crippen molar-refractivity contribution in [3.63, 3.8) is 0 Å². The molecule has 146 valence electrons. The number of carbonyl (C=O) groups is 1. The summed E-state index contributed by atoms with van der Waals surface area (Å²) in [5.41, 5.74) is 1.63. The van der Waals surface area contributed by atoms with E-state index < -0.39 is 10.0 Å². The number of carbonyl (C=O) groups excluding carboxylic acids is 1. The molecule has 8 nitrogen and oxygen atoms in total. The van der Waals surface area contributed by atoms with Crippen molar-refractivity contribution in [2.75, 3.05) is 11.0 Å². The molecule has 0 atom stereocenters. The number of benzene rings is 2. The Morgan fingerprint density at radius 1 is 1.14 bits per heavy atom. The second-order valence-corrected chi connectivity index (χ2v) is 8.11. The highest BCUT2D eigenvalue weighted by molar-refractivity contribution is 7.92. The van der Waals surface area contributed by atoms with E-state index in [0.29, 0.717) is 16.6 Å². The minimum Gasteiger partial charge on any atom is -0.352 e. The molecule has 0 spiro atoms. The molecule has 0 saturated heterocycles. The summed E-state index contributed by atoms with van der Waals surface area (Å²) in [6.07, 6.45) is 2.64. The highest BCUT2D eigenvalue weighted by Crippen LogP contribution is 2.12. The molecule has 3 aromatic rings. The maximum atomic E-state index is 12.4. The van der Waals surface area contributed by atoms with Gasteiger partial charge >= 0.3 is 0 Å². The van der Waals surface area contributed by atoms with Crippen LogP contribution in [0.2, 0.25) is 0 Å². The molecule has 0 saturated carbocycles. The molecular weight excluding hydrogens is 380 g/mol. The number of sulfonamides is 1. The summed E-state index contributed by atoms with van der Waals surface area (Å²) in [5.74, 6) is -0.221. The Kier molecular flexibility index (Phi) is 5.74. The summed E-state index contributed by atoms with van der Waals surface area (Å²) in [7, 11) is -3.36. The first kappa shape index (κ1) is 19.6. The minimum absolute atomic E-state index is 0.126. The van der Waals surface area contributed by atoms with Gasteiger partial charge in [0.1, 0.15) is 0 Å². The normalized spacial score (nSPS) is 11.3. The van der Waals surface area contributed by atoms with E-state index in [1.807, 2.05) is 6.07 Å². The molecule has 1 aromatic heterocycles. The number of rotatable bonds is 7. The third-order valence-electron chi connectivity index (χ3n) is 4.03. The largest absolute Gasteiger partial charge is 0.352 e. The van der Waals surface area contributed by atoms with E-state index in [2.05, 4.69) is 15.0 Å². The van der Waals surface area contributed by atoms with Gasteiger partial charge in [0.05, 0.1) is 23.5 Å². The van der Waals surface area contributed by atoms with E-state index in [-0.39, 0.29) is 31.0 Å². The summed E-state index contributed by atoms with van der Waals surface area (Å²) in [6.45, 7) is 0.473. The number of aryl methyl sites for hydroxylation is 1. The van der Waals surface area contributed by atoms with Gasteiger partial charge < -0.3 is 5.32 Å². The number of amides is 1. The van der Waals surface area contributed by atoms with Crippen LogP contribution in [0.4, 0.5) is 5.69 Å². The molecule has 0 radical (unpaired) electrons. The second-order valence-electron chi connectivity index (χ2n) is 6.36. The Morgan fingerprint density at radius 3 is 2.71 bits per heavy atom. The minimum atomic E-state index is -3.36. The van der Waals surface area contributed by atoms with Gasteiger partial charge in [-0.15, -0.1) is 0 Å². The van der Waals surface area contributed by atoms with E-state index in [0.717, 1.165) is 11.8 Å². The highest BCUT2D eigenvalue weighted by atomic mass is 32.2. The van der Waals surface area contributed by atoms with E-state index in [1.165, 1.54) is 10.9 Å². The number of hydrogen-bond acceptors (Lipinski definition) is 5. The summed E-state index contributed by atoms with van der Waals surface area (Å²) in [5, 5.41) is 3.28. The Morgan fingerprint density at radius 2 is 1.93 bits per heavy atom. The first-order valence-electron chi connectivity index (χ1n) is 8.59. The Labute approximate surface area is 162 Å². The van der Waals surface area contributed by atoms with Gasteiger partial charge in [0, 0.05) is 25.2 Å². The second kappa shape index (κ2) is 8.22. The van der Waals surface area contributed by atoms with Crippen LogP contribution in [0.3, 0.4) is 0 Å². The average molecular weight is 400 g/mol. The van der Waals surface area contributed by atoms with Crippen LogP contribution in [0.25, 0.3) is 10.9 Å².